The summed E-state index contributed by atoms with van der Waals surface area (Å²) < 4.78 is 23.3. The van der Waals surface area contributed by atoms with Crippen molar-refractivity contribution in [1.82, 2.24) is 13.7 Å². The maximum absolute atomic E-state index is 2.44. The molecule has 0 aliphatic heterocycles. The topological polar surface area (TPSA) is 14.8 Å². The van der Waals surface area contributed by atoms with Crippen molar-refractivity contribution in [2.45, 2.75) is 0 Å². The minimum Gasteiger partial charge on any atom is -0.308 e. The third-order valence-electron chi connectivity index (χ3n) is 28.2. The summed E-state index contributed by atoms with van der Waals surface area (Å²) in [6.07, 6.45) is 0. The van der Waals surface area contributed by atoms with Gasteiger partial charge in [-0.1, -0.05) is 358 Å². The third kappa shape index (κ3) is 14.2. The van der Waals surface area contributed by atoms with Crippen LogP contribution >= 0.6 is 68.0 Å². The Morgan fingerprint density at radius 1 is 0.121 bits per heavy atom. The highest BCUT2D eigenvalue weighted by Gasteiger charge is 2.25. The average molecular weight is 1900 g/mol. The molecule has 141 heavy (non-hydrogen) atoms. The molecule has 0 spiro atoms. The molecule has 0 aliphatic carbocycles. The van der Waals surface area contributed by atoms with Gasteiger partial charge >= 0.3 is 0 Å². The highest BCUT2D eigenvalue weighted by molar-refractivity contribution is 7.29. The lowest BCUT2D eigenvalue weighted by molar-refractivity contribution is 1.19. The third-order valence-corrected chi connectivity index (χ3v) is 35.4. The van der Waals surface area contributed by atoms with Crippen molar-refractivity contribution >= 4 is 222 Å². The second-order valence-corrected chi connectivity index (χ2v) is 42.7. The van der Waals surface area contributed by atoms with Crippen LogP contribution in [-0.2, 0) is 0 Å². The summed E-state index contributed by atoms with van der Waals surface area (Å²) in [7, 11) is 0. The lowest BCUT2D eigenvalue weighted by atomic mass is 9.97. The van der Waals surface area contributed by atoms with Crippen molar-refractivity contribution in [3.8, 4) is 117 Å². The summed E-state index contributed by atoms with van der Waals surface area (Å²) in [4.78, 5) is 0. The van der Waals surface area contributed by atoms with Gasteiger partial charge in [-0.2, -0.15) is 0 Å². The molecular weight excluding hydrogens is 1820 g/mol. The van der Waals surface area contributed by atoms with Crippen molar-refractivity contribution in [3.05, 3.63) is 491 Å². The number of thiophene rings is 6. The Balaban J connectivity index is 0.000000104. The maximum atomic E-state index is 2.44. The summed E-state index contributed by atoms with van der Waals surface area (Å²) in [5.74, 6) is 0. The van der Waals surface area contributed by atoms with Crippen molar-refractivity contribution < 1.29 is 0 Å². The molecule has 9 heterocycles. The number of benzene rings is 21. The maximum Gasteiger partial charge on any atom is 0.0727 e. The van der Waals surface area contributed by atoms with Gasteiger partial charge in [-0.25, -0.2) is 0 Å². The first kappa shape index (κ1) is 82.8. The van der Waals surface area contributed by atoms with Crippen LogP contribution in [0.1, 0.15) is 0 Å². The Labute approximate surface area is 837 Å². The first-order valence-corrected chi connectivity index (χ1v) is 52.7. The zero-order chi connectivity index (χ0) is 92.7. The molecule has 0 bridgehead atoms. The van der Waals surface area contributed by atoms with Gasteiger partial charge in [0.05, 0.1) is 47.2 Å². The largest absolute Gasteiger partial charge is 0.308 e. The number of para-hydroxylation sites is 6. The molecule has 30 rings (SSSR count). The van der Waals surface area contributed by atoms with E-state index in [-0.39, 0.29) is 0 Å². The lowest BCUT2D eigenvalue weighted by Gasteiger charge is -2.09. The van der Waals surface area contributed by atoms with E-state index in [4.69, 9.17) is 0 Å². The molecule has 0 saturated heterocycles. The molecule has 0 radical (unpaired) electrons. The van der Waals surface area contributed by atoms with Gasteiger partial charge in [0.25, 0.3) is 0 Å². The molecule has 30 aromatic rings. The van der Waals surface area contributed by atoms with E-state index in [1.165, 1.54) is 271 Å². The van der Waals surface area contributed by atoms with E-state index in [2.05, 4.69) is 505 Å². The van der Waals surface area contributed by atoms with Crippen LogP contribution in [0.2, 0.25) is 0 Å². The number of aromatic nitrogens is 3. The average Bonchev–Trinajstić information content (AvgIpc) is 1.57. The van der Waals surface area contributed by atoms with Crippen LogP contribution in [0.3, 0.4) is 0 Å². The van der Waals surface area contributed by atoms with Crippen LogP contribution in [0.15, 0.2) is 491 Å². The van der Waals surface area contributed by atoms with E-state index in [0.29, 0.717) is 0 Å². The SMILES string of the molecule is c1ccc(-c2ccc3c(c2)sc2cc(-c4cccc(-c5ccc6sc7c8ccccc8n(-c8ccccc8)c7c6c5)c4)ccc23)cc1.c1ccc(-c2ccc3sc4c(-c5cccc(-c6ccc7sc8c9ccccc9n(-c9ccccc9)c8c7c6)c5)cccc4c3c2)cc1.c1ccc(-c2cccc3c2sc2c(-c4cccc(-c5ccc6sc7c8ccccc8n(-c8ccccc8)c7c6c5)c4)cccc23)cc1. The van der Waals surface area contributed by atoms with Crippen molar-refractivity contribution in [2.24, 2.45) is 0 Å². The van der Waals surface area contributed by atoms with Gasteiger partial charge in [0.1, 0.15) is 0 Å². The highest BCUT2D eigenvalue weighted by atomic mass is 32.1. The van der Waals surface area contributed by atoms with E-state index in [1.54, 1.807) is 0 Å². The van der Waals surface area contributed by atoms with Crippen molar-refractivity contribution in [3.63, 3.8) is 0 Å². The van der Waals surface area contributed by atoms with Crippen LogP contribution in [0.4, 0.5) is 0 Å². The van der Waals surface area contributed by atoms with Crippen molar-refractivity contribution in [2.75, 3.05) is 0 Å². The van der Waals surface area contributed by atoms with Crippen molar-refractivity contribution in [1.29, 1.82) is 0 Å². The van der Waals surface area contributed by atoms with Gasteiger partial charge in [-0.05, 0) is 234 Å². The number of fused-ring (bicyclic) bond motifs is 24. The smallest absolute Gasteiger partial charge is 0.0727 e. The normalized spacial score (nSPS) is 11.8. The molecule has 9 heteroatoms. The minimum atomic E-state index is 1.19. The minimum absolute atomic E-state index is 1.19. The van der Waals surface area contributed by atoms with E-state index in [0.717, 1.165) is 0 Å². The molecule has 0 amide bonds. The molecular formula is C132H81N3S6. The Morgan fingerprint density at radius 3 is 0.759 bits per heavy atom. The highest BCUT2D eigenvalue weighted by Crippen LogP contribution is 2.52. The Hall–Kier alpha value is -16.4. The summed E-state index contributed by atoms with van der Waals surface area (Å²) >= 11 is 11.4. The monoisotopic (exact) mass is 1900 g/mol. The second-order valence-electron chi connectivity index (χ2n) is 36.4. The standard InChI is InChI=1S/3C44H27NS2/c1-3-12-28(13-4-1)33-19-10-21-35-36-22-11-20-34(43(36)47-42(33)35)31-15-9-14-29(26-31)30-24-25-40-38(27-30)41-44(46-40)37-18-7-8-23-39(37)45(41)32-16-5-2-6-17-32;1-3-11-28(12-4-1)30-21-23-40-37(26-30)35-19-10-18-34(43(35)46-40)32-14-9-13-29(25-32)31-22-24-41-38(27-31)42-44(47-41)36-17-7-8-20-39(36)45(42)33-15-5-2-6-16-33;1-3-10-28(11-4-1)32-18-21-35-36-22-19-33(27-42(36)46-41(35)26-32)30-13-9-12-29(24-30)31-20-23-40-38(25-31)43-44(47-40)37-16-7-8-17-39(37)45(43)34-14-5-2-6-15-34/h3*1-27H. The summed E-state index contributed by atoms with van der Waals surface area (Å²) in [6.45, 7) is 0. The summed E-state index contributed by atoms with van der Waals surface area (Å²) in [5.41, 5.74) is 33.8. The lowest BCUT2D eigenvalue weighted by Crippen LogP contribution is -1.92. The summed E-state index contributed by atoms with van der Waals surface area (Å²) in [6, 6.07) is 180. The van der Waals surface area contributed by atoms with Gasteiger partial charge in [-0.15, -0.1) is 68.0 Å². The Kier molecular flexibility index (Phi) is 20.1. The van der Waals surface area contributed by atoms with Gasteiger partial charge in [0.15, 0.2) is 0 Å². The van der Waals surface area contributed by atoms with Crippen LogP contribution in [-0.4, -0.2) is 13.7 Å². The fraction of sp³-hybridized carbons (Fsp3) is 0. The number of hydrogen-bond acceptors (Lipinski definition) is 6. The fourth-order valence-corrected chi connectivity index (χ4v) is 29.0. The molecule has 0 atom stereocenters. The molecule has 0 aliphatic rings. The summed E-state index contributed by atoms with van der Waals surface area (Å²) in [5, 5.41) is 15.8. The zero-order valence-corrected chi connectivity index (χ0v) is 81.0. The number of rotatable bonds is 12. The van der Waals surface area contributed by atoms with Gasteiger partial charge in [0.2, 0.25) is 0 Å². The predicted molar refractivity (Wildman–Crippen MR) is 616 cm³/mol. The Morgan fingerprint density at radius 2 is 0.369 bits per heavy atom. The van der Waals surface area contributed by atoms with E-state index in [9.17, 15) is 0 Å². The molecule has 3 nitrogen and oxygen atoms in total. The van der Waals surface area contributed by atoms with Crippen LogP contribution in [0, 0.1) is 0 Å². The second kappa shape index (κ2) is 34.3. The first-order chi connectivity index (χ1) is 69.9. The van der Waals surface area contributed by atoms with E-state index in [1.807, 2.05) is 68.0 Å². The predicted octanol–water partition coefficient (Wildman–Crippen LogP) is 40.1. The number of nitrogens with zero attached hydrogens (tertiary/aromatic N) is 3. The zero-order valence-electron chi connectivity index (χ0n) is 76.1. The van der Waals surface area contributed by atoms with Gasteiger partial charge in [0, 0.05) is 124 Å². The molecule has 9 aromatic heterocycles. The van der Waals surface area contributed by atoms with Crippen LogP contribution in [0.5, 0.6) is 0 Å². The van der Waals surface area contributed by atoms with Crippen LogP contribution < -0.4 is 0 Å². The van der Waals surface area contributed by atoms with Gasteiger partial charge < -0.3 is 13.7 Å². The van der Waals surface area contributed by atoms with E-state index < -0.39 is 0 Å². The van der Waals surface area contributed by atoms with Gasteiger partial charge in [-0.3, -0.25) is 0 Å². The molecule has 21 aromatic carbocycles. The fourth-order valence-electron chi connectivity index (χ4n) is 21.6. The van der Waals surface area contributed by atoms with E-state index >= 15 is 0 Å². The molecule has 0 saturated carbocycles. The van der Waals surface area contributed by atoms with Crippen LogP contribution in [0.25, 0.3) is 271 Å². The molecule has 660 valence electrons. The Bertz CT molecular complexity index is 10200. The molecule has 0 unspecified atom stereocenters. The molecule has 0 N–H and O–H groups in total. The molecule has 0 fully saturated rings. The number of hydrogen-bond donors (Lipinski definition) is 0. The quantitative estimate of drug-likeness (QED) is 0.116. The first-order valence-electron chi connectivity index (χ1n) is 47.8.